The van der Waals surface area contributed by atoms with Gasteiger partial charge in [0.1, 0.15) is 5.52 Å². The highest BCUT2D eigenvalue weighted by atomic mass is 79.9. The average Bonchev–Trinajstić information content (AvgIpc) is 3.34. The fourth-order valence-corrected chi connectivity index (χ4v) is 6.49. The minimum atomic E-state index is -3.43. The molecule has 1 aromatic carbocycles. The van der Waals surface area contributed by atoms with Crippen LogP contribution in [0.15, 0.2) is 39.0 Å². The summed E-state index contributed by atoms with van der Waals surface area (Å²) in [5.41, 5.74) is 0.413. The van der Waals surface area contributed by atoms with Crippen molar-refractivity contribution in [2.75, 3.05) is 50.5 Å². The Hall–Kier alpha value is -1.08. The molecule has 7 nitrogen and oxygen atoms in total. The van der Waals surface area contributed by atoms with Crippen LogP contribution in [0, 0.1) is 0 Å². The number of carbonyl (C=O) groups is 1. The van der Waals surface area contributed by atoms with Gasteiger partial charge in [0.25, 0.3) is 5.91 Å². The van der Waals surface area contributed by atoms with E-state index in [0.717, 1.165) is 21.6 Å². The zero-order valence-electron chi connectivity index (χ0n) is 16.6. The number of sulfone groups is 1. The second-order valence-electron chi connectivity index (χ2n) is 6.89. The van der Waals surface area contributed by atoms with Gasteiger partial charge < -0.3 is 4.74 Å². The second-order valence-corrected chi connectivity index (χ2v) is 12.3. The third kappa shape index (κ3) is 5.65. The van der Waals surface area contributed by atoms with E-state index in [-0.39, 0.29) is 23.2 Å². The number of aromatic nitrogens is 1. The summed E-state index contributed by atoms with van der Waals surface area (Å²) in [7, 11) is -3.43. The molecule has 2 aromatic heterocycles. The highest BCUT2D eigenvalue weighted by Crippen LogP contribution is 2.34. The third-order valence-electron chi connectivity index (χ3n) is 4.77. The molecule has 3 heterocycles. The van der Waals surface area contributed by atoms with Crippen molar-refractivity contribution in [2.24, 2.45) is 0 Å². The molecule has 3 aromatic rings. The number of para-hydroxylation sites is 1. The molecular weight excluding hydrogens is 546 g/mol. The Morgan fingerprint density at radius 1 is 1.23 bits per heavy atom. The lowest BCUT2D eigenvalue weighted by atomic mass is 10.3. The molecule has 0 saturated carbocycles. The number of amides is 1. The van der Waals surface area contributed by atoms with Crippen LogP contribution in [0.2, 0.25) is 0 Å². The summed E-state index contributed by atoms with van der Waals surface area (Å²) in [5, 5.41) is 0.504. The summed E-state index contributed by atoms with van der Waals surface area (Å²) in [4.78, 5) is 22.6. The van der Waals surface area contributed by atoms with E-state index in [9.17, 15) is 13.2 Å². The molecule has 168 valence electrons. The van der Waals surface area contributed by atoms with E-state index in [2.05, 4.69) is 25.8 Å². The van der Waals surface area contributed by atoms with Crippen LogP contribution in [-0.4, -0.2) is 69.9 Å². The molecule has 0 spiro atoms. The molecule has 1 saturated heterocycles. The molecule has 4 rings (SSSR count). The monoisotopic (exact) mass is 565 g/mol. The molecule has 0 radical (unpaired) electrons. The van der Waals surface area contributed by atoms with Crippen LogP contribution in [0.4, 0.5) is 5.13 Å². The van der Waals surface area contributed by atoms with Crippen molar-refractivity contribution in [1.29, 1.82) is 0 Å². The first-order valence-corrected chi connectivity index (χ1v) is 13.6. The topological polar surface area (TPSA) is 79.8 Å². The van der Waals surface area contributed by atoms with Crippen molar-refractivity contribution in [1.82, 2.24) is 9.88 Å². The molecule has 0 atom stereocenters. The lowest BCUT2D eigenvalue weighted by Crippen LogP contribution is -2.43. The average molecular weight is 567 g/mol. The fraction of sp³-hybridized carbons (Fsp3) is 0.368. The number of ether oxygens (including phenoxy) is 1. The lowest BCUT2D eigenvalue weighted by Gasteiger charge is -2.29. The normalized spacial score (nSPS) is 15.0. The van der Waals surface area contributed by atoms with Crippen LogP contribution in [-0.2, 0) is 14.6 Å². The van der Waals surface area contributed by atoms with Gasteiger partial charge in [0.2, 0.25) is 0 Å². The number of morpholine rings is 1. The number of thiophene rings is 1. The Bertz CT molecular complexity index is 1180. The molecular formula is C19H21BrClN3O4S3. The first kappa shape index (κ1) is 24.6. The zero-order valence-corrected chi connectivity index (χ0v) is 21.5. The molecule has 0 unspecified atom stereocenters. The van der Waals surface area contributed by atoms with Crippen LogP contribution < -0.4 is 4.90 Å². The first-order valence-electron chi connectivity index (χ1n) is 9.30. The van der Waals surface area contributed by atoms with Gasteiger partial charge in [-0.3, -0.25) is 14.6 Å². The van der Waals surface area contributed by atoms with Crippen molar-refractivity contribution in [2.45, 2.75) is 4.90 Å². The van der Waals surface area contributed by atoms with Gasteiger partial charge in [-0.15, -0.1) is 23.7 Å². The maximum absolute atomic E-state index is 13.3. The number of thiazole rings is 1. The van der Waals surface area contributed by atoms with Gasteiger partial charge in [0.05, 0.1) is 31.5 Å². The van der Waals surface area contributed by atoms with Gasteiger partial charge in [-0.1, -0.05) is 17.4 Å². The number of fused-ring (bicyclic) bond motifs is 1. The smallest absolute Gasteiger partial charge is 0.270 e. The van der Waals surface area contributed by atoms with Crippen LogP contribution in [0.1, 0.15) is 9.67 Å². The minimum Gasteiger partial charge on any atom is -0.379 e. The zero-order chi connectivity index (χ0) is 21.3. The molecule has 1 fully saturated rings. The van der Waals surface area contributed by atoms with Crippen LogP contribution in [0.5, 0.6) is 0 Å². The number of hydrogen-bond donors (Lipinski definition) is 0. The molecule has 0 aliphatic carbocycles. The molecule has 1 aliphatic heterocycles. The summed E-state index contributed by atoms with van der Waals surface area (Å²) >= 11 is 6.11. The Morgan fingerprint density at radius 3 is 2.61 bits per heavy atom. The van der Waals surface area contributed by atoms with Gasteiger partial charge >= 0.3 is 0 Å². The highest BCUT2D eigenvalue weighted by molar-refractivity contribution is 9.11. The van der Waals surface area contributed by atoms with E-state index < -0.39 is 9.84 Å². The Kier molecular flexibility index (Phi) is 8.11. The van der Waals surface area contributed by atoms with Crippen molar-refractivity contribution in [3.8, 4) is 0 Å². The van der Waals surface area contributed by atoms with Crippen molar-refractivity contribution in [3.05, 3.63) is 39.0 Å². The molecule has 31 heavy (non-hydrogen) atoms. The first-order chi connectivity index (χ1) is 14.3. The van der Waals surface area contributed by atoms with E-state index in [4.69, 9.17) is 4.74 Å². The molecule has 1 amide bonds. The summed E-state index contributed by atoms with van der Waals surface area (Å²) in [6, 6.07) is 8.72. The summed E-state index contributed by atoms with van der Waals surface area (Å²) in [6.07, 6.45) is 1.17. The van der Waals surface area contributed by atoms with Crippen LogP contribution in [0.25, 0.3) is 10.2 Å². The number of halogens is 2. The Morgan fingerprint density at radius 2 is 1.97 bits per heavy atom. The van der Waals surface area contributed by atoms with Gasteiger partial charge in [-0.2, -0.15) is 0 Å². The largest absolute Gasteiger partial charge is 0.379 e. The number of nitrogens with zero attached hydrogens (tertiary/aromatic N) is 3. The molecule has 0 N–H and O–H groups in total. The van der Waals surface area contributed by atoms with Gasteiger partial charge in [-0.05, 0) is 40.2 Å². The maximum atomic E-state index is 13.3. The number of hydrogen-bond acceptors (Lipinski definition) is 8. The predicted molar refractivity (Wildman–Crippen MR) is 131 cm³/mol. The maximum Gasteiger partial charge on any atom is 0.270 e. The van der Waals surface area contributed by atoms with Crippen molar-refractivity contribution >= 4 is 82.1 Å². The van der Waals surface area contributed by atoms with E-state index in [1.54, 1.807) is 23.1 Å². The third-order valence-corrected chi connectivity index (χ3v) is 8.56. The number of anilines is 1. The van der Waals surface area contributed by atoms with E-state index in [1.807, 2.05) is 12.1 Å². The number of benzene rings is 1. The van der Waals surface area contributed by atoms with Crippen LogP contribution in [0.3, 0.4) is 0 Å². The van der Waals surface area contributed by atoms with E-state index >= 15 is 0 Å². The van der Waals surface area contributed by atoms with E-state index in [0.29, 0.717) is 41.8 Å². The summed E-state index contributed by atoms with van der Waals surface area (Å²) < 4.78 is 31.4. The molecule has 1 aliphatic rings. The number of carbonyl (C=O) groups excluding carboxylic acids is 1. The van der Waals surface area contributed by atoms with Gasteiger partial charge in [0.15, 0.2) is 15.0 Å². The minimum absolute atomic E-state index is 0. The molecule has 12 heteroatoms. The quantitative estimate of drug-likeness (QED) is 0.450. The lowest BCUT2D eigenvalue weighted by molar-refractivity contribution is 0.0391. The van der Waals surface area contributed by atoms with Crippen LogP contribution >= 0.6 is 51.0 Å². The Balaban J connectivity index is 0.00000272. The van der Waals surface area contributed by atoms with Crippen molar-refractivity contribution < 1.29 is 17.9 Å². The van der Waals surface area contributed by atoms with Gasteiger partial charge in [-0.25, -0.2) is 13.4 Å². The molecule has 0 bridgehead atoms. The Labute approximate surface area is 203 Å². The van der Waals surface area contributed by atoms with E-state index in [1.165, 1.54) is 28.9 Å². The summed E-state index contributed by atoms with van der Waals surface area (Å²) in [6.45, 7) is 4.17. The van der Waals surface area contributed by atoms with Gasteiger partial charge in [0, 0.05) is 32.4 Å². The fourth-order valence-electron chi connectivity index (χ4n) is 3.24. The number of rotatable bonds is 6. The van der Waals surface area contributed by atoms with Crippen molar-refractivity contribution in [3.63, 3.8) is 0 Å². The standard InChI is InChI=1S/C19H20BrN3O4S3.ClH/c1-30(25,26)15-4-2-3-13-17(15)21-19(29-13)23(8-7-22-9-11-27-12-10-22)18(24)14-5-6-16(20)28-14;/h2-6H,7-12H2,1H3;1H. The highest BCUT2D eigenvalue weighted by Gasteiger charge is 2.25. The second kappa shape index (κ2) is 10.2. The predicted octanol–water partition coefficient (Wildman–Crippen LogP) is 3.92. The SMILES string of the molecule is CS(=O)(=O)c1cccc2sc(N(CCN3CCOCC3)C(=O)c3ccc(Br)s3)nc12.Cl. The summed E-state index contributed by atoms with van der Waals surface area (Å²) in [5.74, 6) is -0.140.